The quantitative estimate of drug-likeness (QED) is 0.605. The summed E-state index contributed by atoms with van der Waals surface area (Å²) in [6, 6.07) is 13.9. The van der Waals surface area contributed by atoms with Crippen molar-refractivity contribution >= 4 is 38.9 Å². The first kappa shape index (κ1) is 19.9. The van der Waals surface area contributed by atoms with Gasteiger partial charge in [0.1, 0.15) is 6.54 Å². The van der Waals surface area contributed by atoms with Crippen molar-refractivity contribution < 1.29 is 13.2 Å². The van der Waals surface area contributed by atoms with E-state index in [0.29, 0.717) is 16.4 Å². The first-order valence-electron chi connectivity index (χ1n) is 7.80. The third-order valence-electron chi connectivity index (χ3n) is 3.59. The number of anilines is 1. The van der Waals surface area contributed by atoms with Gasteiger partial charge < -0.3 is 0 Å². The number of nitrogens with one attached hydrogen (secondary N) is 1. The van der Waals surface area contributed by atoms with Gasteiger partial charge in [0.25, 0.3) is 5.91 Å². The van der Waals surface area contributed by atoms with E-state index in [9.17, 15) is 13.2 Å². The number of sulfonamides is 1. The molecule has 0 atom stereocenters. The van der Waals surface area contributed by atoms with Crippen molar-refractivity contribution in [2.24, 2.45) is 5.10 Å². The smallest absolute Gasteiger partial charge is 0.260 e. The Balaban J connectivity index is 2.12. The van der Waals surface area contributed by atoms with Crippen LogP contribution in [0, 0.1) is 6.92 Å². The second-order valence-corrected chi connectivity index (χ2v) is 8.19. The molecule has 0 aliphatic rings. The minimum absolute atomic E-state index is 0.361. The summed E-state index contributed by atoms with van der Waals surface area (Å²) >= 11 is 5.84. The lowest BCUT2D eigenvalue weighted by molar-refractivity contribution is -0.119. The second kappa shape index (κ2) is 8.33. The van der Waals surface area contributed by atoms with E-state index >= 15 is 0 Å². The predicted octanol–water partition coefficient (Wildman–Crippen LogP) is 2.95. The maximum Gasteiger partial charge on any atom is 0.260 e. The number of hydrogen-bond donors (Lipinski definition) is 1. The minimum Gasteiger partial charge on any atom is -0.271 e. The van der Waals surface area contributed by atoms with Crippen LogP contribution in [0.5, 0.6) is 0 Å². The highest BCUT2D eigenvalue weighted by atomic mass is 35.5. The molecule has 6 nitrogen and oxygen atoms in total. The Morgan fingerprint density at radius 3 is 2.42 bits per heavy atom. The number of amides is 1. The maximum atomic E-state index is 12.2. The molecule has 1 N–H and O–H groups in total. The normalized spacial score (nSPS) is 11.9. The summed E-state index contributed by atoms with van der Waals surface area (Å²) in [7, 11) is -3.62. The number of hydrogen-bond acceptors (Lipinski definition) is 4. The molecular weight excluding hydrogens is 374 g/mol. The van der Waals surface area contributed by atoms with Crippen LogP contribution in [0.2, 0.25) is 5.02 Å². The molecule has 2 aromatic carbocycles. The number of rotatable bonds is 6. The van der Waals surface area contributed by atoms with Crippen LogP contribution in [0.4, 0.5) is 5.69 Å². The molecular formula is C18H20ClN3O3S. The van der Waals surface area contributed by atoms with Crippen LogP contribution in [0.3, 0.4) is 0 Å². The van der Waals surface area contributed by atoms with Crippen LogP contribution in [0.25, 0.3) is 0 Å². The molecule has 0 fully saturated rings. The Kier molecular flexibility index (Phi) is 6.39. The van der Waals surface area contributed by atoms with Gasteiger partial charge in [-0.3, -0.25) is 9.10 Å². The van der Waals surface area contributed by atoms with E-state index in [-0.39, 0.29) is 6.54 Å². The van der Waals surface area contributed by atoms with E-state index in [1.54, 1.807) is 49.4 Å². The first-order chi connectivity index (χ1) is 12.2. The van der Waals surface area contributed by atoms with Crippen molar-refractivity contribution in [3.05, 3.63) is 64.7 Å². The van der Waals surface area contributed by atoms with Gasteiger partial charge in [0.15, 0.2) is 0 Å². The zero-order chi connectivity index (χ0) is 19.3. The van der Waals surface area contributed by atoms with Gasteiger partial charge in [-0.1, -0.05) is 35.9 Å². The summed E-state index contributed by atoms with van der Waals surface area (Å²) in [6.07, 6.45) is 1.06. The topological polar surface area (TPSA) is 78.8 Å². The van der Waals surface area contributed by atoms with Gasteiger partial charge in [-0.15, -0.1) is 0 Å². The van der Waals surface area contributed by atoms with Crippen LogP contribution in [-0.2, 0) is 14.8 Å². The number of benzene rings is 2. The molecule has 8 heteroatoms. The fourth-order valence-electron chi connectivity index (χ4n) is 2.25. The van der Waals surface area contributed by atoms with Crippen LogP contribution in [-0.4, -0.2) is 32.8 Å². The zero-order valence-electron chi connectivity index (χ0n) is 14.7. The number of nitrogens with zero attached hydrogens (tertiary/aromatic N) is 2. The number of carbonyl (C=O) groups is 1. The van der Waals surface area contributed by atoms with Crippen molar-refractivity contribution in [3.63, 3.8) is 0 Å². The van der Waals surface area contributed by atoms with Crippen LogP contribution in [0.1, 0.15) is 18.1 Å². The predicted molar refractivity (Wildman–Crippen MR) is 105 cm³/mol. The summed E-state index contributed by atoms with van der Waals surface area (Å²) in [5, 5.41) is 4.63. The van der Waals surface area contributed by atoms with E-state index in [0.717, 1.165) is 21.7 Å². The molecule has 0 saturated heterocycles. The highest BCUT2D eigenvalue weighted by Gasteiger charge is 2.20. The molecule has 0 radical (unpaired) electrons. The molecule has 0 unspecified atom stereocenters. The fourth-order valence-corrected chi connectivity index (χ4v) is 3.23. The molecule has 0 aromatic heterocycles. The molecule has 0 heterocycles. The molecule has 0 bridgehead atoms. The van der Waals surface area contributed by atoms with E-state index in [1.807, 2.05) is 13.0 Å². The standard InChI is InChI=1S/C18H20ClN3O3S/c1-13-5-4-6-17(11-13)22(26(3,24)25)12-18(23)21-20-14(2)15-7-9-16(19)10-8-15/h4-11H,12H2,1-3H3,(H,21,23)/b20-14+. The Morgan fingerprint density at radius 2 is 1.85 bits per heavy atom. The van der Waals surface area contributed by atoms with Gasteiger partial charge in [-0.2, -0.15) is 5.10 Å². The third-order valence-corrected chi connectivity index (χ3v) is 4.98. The van der Waals surface area contributed by atoms with Crippen molar-refractivity contribution in [1.82, 2.24) is 5.43 Å². The summed E-state index contributed by atoms with van der Waals surface area (Å²) in [4.78, 5) is 12.2. The van der Waals surface area contributed by atoms with E-state index < -0.39 is 15.9 Å². The lowest BCUT2D eigenvalue weighted by Gasteiger charge is -2.21. The summed E-state index contributed by atoms with van der Waals surface area (Å²) in [6.45, 7) is 3.22. The van der Waals surface area contributed by atoms with Gasteiger partial charge >= 0.3 is 0 Å². The van der Waals surface area contributed by atoms with Gasteiger partial charge in [-0.05, 0) is 49.2 Å². The molecule has 0 saturated carbocycles. The summed E-state index contributed by atoms with van der Waals surface area (Å²) in [5.74, 6) is -0.537. The number of carbonyl (C=O) groups excluding carboxylic acids is 1. The van der Waals surface area contributed by atoms with Crippen LogP contribution < -0.4 is 9.73 Å². The van der Waals surface area contributed by atoms with E-state index in [4.69, 9.17) is 11.6 Å². The van der Waals surface area contributed by atoms with Gasteiger partial charge in [0.05, 0.1) is 17.7 Å². The number of hydrazone groups is 1. The van der Waals surface area contributed by atoms with Gasteiger partial charge in [0, 0.05) is 5.02 Å². The molecule has 0 spiro atoms. The molecule has 26 heavy (non-hydrogen) atoms. The lowest BCUT2D eigenvalue weighted by atomic mass is 10.1. The average molecular weight is 394 g/mol. The number of aryl methyl sites for hydroxylation is 1. The van der Waals surface area contributed by atoms with Gasteiger partial charge in [-0.25, -0.2) is 13.8 Å². The fraction of sp³-hybridized carbons (Fsp3) is 0.222. The van der Waals surface area contributed by atoms with Crippen LogP contribution >= 0.6 is 11.6 Å². The summed E-state index contributed by atoms with van der Waals surface area (Å²) in [5.41, 5.74) is 5.10. The van der Waals surface area contributed by atoms with Crippen LogP contribution in [0.15, 0.2) is 53.6 Å². The number of halogens is 1. The highest BCUT2D eigenvalue weighted by Crippen LogP contribution is 2.18. The molecule has 2 rings (SSSR count). The largest absolute Gasteiger partial charge is 0.271 e. The van der Waals surface area contributed by atoms with Crippen molar-refractivity contribution in [1.29, 1.82) is 0 Å². The Morgan fingerprint density at radius 1 is 1.19 bits per heavy atom. The molecule has 138 valence electrons. The first-order valence-corrected chi connectivity index (χ1v) is 10.0. The van der Waals surface area contributed by atoms with Crippen molar-refractivity contribution in [3.8, 4) is 0 Å². The van der Waals surface area contributed by atoms with Gasteiger partial charge in [0.2, 0.25) is 10.0 Å². The van der Waals surface area contributed by atoms with E-state index in [2.05, 4.69) is 10.5 Å². The average Bonchev–Trinajstić information content (AvgIpc) is 2.57. The Hall–Kier alpha value is -2.38. The van der Waals surface area contributed by atoms with Crippen molar-refractivity contribution in [2.45, 2.75) is 13.8 Å². The molecule has 0 aliphatic heterocycles. The van der Waals surface area contributed by atoms with E-state index in [1.165, 1.54) is 0 Å². The monoisotopic (exact) mass is 393 g/mol. The maximum absolute atomic E-state index is 12.2. The summed E-state index contributed by atoms with van der Waals surface area (Å²) < 4.78 is 25.2. The molecule has 2 aromatic rings. The molecule has 0 aliphatic carbocycles. The molecule has 1 amide bonds. The SMILES string of the molecule is C/C(=N\NC(=O)CN(c1cccc(C)c1)S(C)(=O)=O)c1ccc(Cl)cc1. The zero-order valence-corrected chi connectivity index (χ0v) is 16.3. The third kappa shape index (κ3) is 5.57. The Labute approximate surface area is 158 Å². The second-order valence-electron chi connectivity index (χ2n) is 5.85. The minimum atomic E-state index is -3.62. The highest BCUT2D eigenvalue weighted by molar-refractivity contribution is 7.92. The van der Waals surface area contributed by atoms with Crippen molar-refractivity contribution in [2.75, 3.05) is 17.1 Å². The lowest BCUT2D eigenvalue weighted by Crippen LogP contribution is -2.39. The Bertz CT molecular complexity index is 925.